The Morgan fingerprint density at radius 2 is 2.23 bits per heavy atom. The summed E-state index contributed by atoms with van der Waals surface area (Å²) in [7, 11) is 0. The Morgan fingerprint density at radius 3 is 2.92 bits per heavy atom. The number of thiophene rings is 1. The molecule has 0 aliphatic heterocycles. The molecule has 4 heteroatoms. The highest BCUT2D eigenvalue weighted by molar-refractivity contribution is 7.80. The molecular formula is C9H9NOS2. The summed E-state index contributed by atoms with van der Waals surface area (Å²) in [5.41, 5.74) is 7.34. The van der Waals surface area contributed by atoms with Crippen molar-refractivity contribution in [1.82, 2.24) is 0 Å². The monoisotopic (exact) mass is 211 g/mol. The molecule has 0 bridgehead atoms. The Labute approximate surface area is 85.4 Å². The van der Waals surface area contributed by atoms with Crippen molar-refractivity contribution in [3.63, 3.8) is 0 Å². The predicted molar refractivity (Wildman–Crippen MR) is 59.4 cm³/mol. The zero-order chi connectivity index (χ0) is 9.42. The number of aliphatic hydroxyl groups excluding tert-OH is 1. The average molecular weight is 211 g/mol. The number of fused-ring (bicyclic) bond motifs is 1. The van der Waals surface area contributed by atoms with E-state index in [1.807, 2.05) is 17.5 Å². The summed E-state index contributed by atoms with van der Waals surface area (Å²) in [6.07, 6.45) is 0. The molecule has 2 rings (SSSR count). The van der Waals surface area contributed by atoms with Crippen molar-refractivity contribution in [1.29, 1.82) is 0 Å². The third-order valence-electron chi connectivity index (χ3n) is 1.98. The lowest BCUT2D eigenvalue weighted by atomic mass is 10.1. The average Bonchev–Trinajstić information content (AvgIpc) is 2.46. The van der Waals surface area contributed by atoms with Crippen LogP contribution in [-0.2, 0) is 6.61 Å². The molecule has 1 aromatic heterocycles. The Hall–Kier alpha value is -0.710. The summed E-state index contributed by atoms with van der Waals surface area (Å²) >= 11 is 5.86. The first-order valence-electron chi connectivity index (χ1n) is 3.82. The molecule has 0 saturated heterocycles. The van der Waals surface area contributed by atoms with Crippen LogP contribution in [0.25, 0.3) is 10.1 Å². The van der Waals surface area contributed by atoms with Crippen LogP contribution in [0.1, 0.15) is 5.56 Å². The van der Waals surface area contributed by atoms with E-state index in [1.165, 1.54) is 0 Å². The first-order chi connectivity index (χ1) is 6.22. The molecule has 0 spiro atoms. The van der Waals surface area contributed by atoms with Gasteiger partial charge in [-0.05, 0) is 17.7 Å². The van der Waals surface area contributed by atoms with Gasteiger partial charge in [-0.2, -0.15) is 0 Å². The van der Waals surface area contributed by atoms with Crippen LogP contribution in [-0.4, -0.2) is 5.11 Å². The van der Waals surface area contributed by atoms with Crippen molar-refractivity contribution in [2.75, 3.05) is 5.73 Å². The molecule has 1 aromatic carbocycles. The van der Waals surface area contributed by atoms with Crippen molar-refractivity contribution < 1.29 is 5.11 Å². The second-order valence-electron chi connectivity index (χ2n) is 2.83. The van der Waals surface area contributed by atoms with E-state index in [0.717, 1.165) is 26.2 Å². The molecule has 0 aliphatic rings. The maximum absolute atomic E-state index is 9.02. The zero-order valence-electron chi connectivity index (χ0n) is 6.82. The van der Waals surface area contributed by atoms with Gasteiger partial charge in [0.2, 0.25) is 0 Å². The number of hydrogen-bond donors (Lipinski definition) is 3. The molecule has 0 saturated carbocycles. The quantitative estimate of drug-likeness (QED) is 0.634. The van der Waals surface area contributed by atoms with Crippen LogP contribution < -0.4 is 5.73 Å². The molecule has 13 heavy (non-hydrogen) atoms. The number of benzene rings is 1. The van der Waals surface area contributed by atoms with Gasteiger partial charge in [0.15, 0.2) is 0 Å². The van der Waals surface area contributed by atoms with Gasteiger partial charge in [0.25, 0.3) is 0 Å². The van der Waals surface area contributed by atoms with Crippen LogP contribution in [0.15, 0.2) is 22.4 Å². The largest absolute Gasteiger partial charge is 0.398 e. The predicted octanol–water partition coefficient (Wildman–Crippen LogP) is 2.26. The summed E-state index contributed by atoms with van der Waals surface area (Å²) in [5, 5.41) is 11.9. The Bertz CT molecular complexity index is 450. The van der Waals surface area contributed by atoms with Crippen LogP contribution in [0.4, 0.5) is 5.69 Å². The minimum absolute atomic E-state index is 0.00403. The van der Waals surface area contributed by atoms with E-state index in [0.29, 0.717) is 0 Å². The number of thiol groups is 1. The number of hydrogen-bond acceptors (Lipinski definition) is 4. The van der Waals surface area contributed by atoms with Gasteiger partial charge < -0.3 is 10.8 Å². The molecule has 0 aliphatic carbocycles. The number of nitrogens with two attached hydrogens (primary N) is 1. The molecule has 1 heterocycles. The fourth-order valence-electron chi connectivity index (χ4n) is 1.25. The van der Waals surface area contributed by atoms with Gasteiger partial charge in [-0.1, -0.05) is 0 Å². The minimum atomic E-state index is 0.00403. The first-order valence-corrected chi connectivity index (χ1v) is 5.14. The molecule has 0 fully saturated rings. The van der Waals surface area contributed by atoms with Gasteiger partial charge in [0, 0.05) is 20.4 Å². The van der Waals surface area contributed by atoms with Crippen LogP contribution in [0.3, 0.4) is 0 Å². The summed E-state index contributed by atoms with van der Waals surface area (Å²) in [4.78, 5) is 0.817. The maximum Gasteiger partial charge on any atom is 0.0692 e. The van der Waals surface area contributed by atoms with Gasteiger partial charge in [-0.15, -0.1) is 24.0 Å². The maximum atomic E-state index is 9.02. The highest BCUT2D eigenvalue weighted by Gasteiger charge is 2.05. The third kappa shape index (κ3) is 1.41. The number of anilines is 1. The molecular weight excluding hydrogens is 202 g/mol. The molecule has 3 N–H and O–H groups in total. The fourth-order valence-corrected chi connectivity index (χ4v) is 2.48. The van der Waals surface area contributed by atoms with Crippen LogP contribution in [0.5, 0.6) is 0 Å². The highest BCUT2D eigenvalue weighted by Crippen LogP contribution is 2.31. The smallest absolute Gasteiger partial charge is 0.0692 e. The van der Waals surface area contributed by atoms with Gasteiger partial charge in [-0.3, -0.25) is 0 Å². The number of nitrogen functional groups attached to an aromatic ring is 1. The number of rotatable bonds is 1. The fraction of sp³-hybridized carbons (Fsp3) is 0.111. The Balaban J connectivity index is 2.77. The highest BCUT2D eigenvalue weighted by atomic mass is 32.1. The first kappa shape index (κ1) is 8.87. The van der Waals surface area contributed by atoms with E-state index in [2.05, 4.69) is 12.6 Å². The Kier molecular flexibility index (Phi) is 2.19. The van der Waals surface area contributed by atoms with E-state index in [4.69, 9.17) is 10.8 Å². The van der Waals surface area contributed by atoms with Crippen molar-refractivity contribution in [2.24, 2.45) is 0 Å². The lowest BCUT2D eigenvalue weighted by Crippen LogP contribution is -1.86. The molecule has 0 atom stereocenters. The lowest BCUT2D eigenvalue weighted by Gasteiger charge is -2.01. The van der Waals surface area contributed by atoms with Crippen LogP contribution in [0, 0.1) is 0 Å². The minimum Gasteiger partial charge on any atom is -0.398 e. The molecule has 2 nitrogen and oxygen atoms in total. The Morgan fingerprint density at radius 1 is 1.46 bits per heavy atom. The van der Waals surface area contributed by atoms with Gasteiger partial charge >= 0.3 is 0 Å². The third-order valence-corrected chi connectivity index (χ3v) is 3.35. The zero-order valence-corrected chi connectivity index (χ0v) is 8.53. The molecule has 0 radical (unpaired) electrons. The normalized spacial score (nSPS) is 10.9. The van der Waals surface area contributed by atoms with E-state index >= 15 is 0 Å². The van der Waals surface area contributed by atoms with Crippen molar-refractivity contribution in [3.8, 4) is 0 Å². The van der Waals surface area contributed by atoms with E-state index < -0.39 is 0 Å². The van der Waals surface area contributed by atoms with Crippen LogP contribution in [0.2, 0.25) is 0 Å². The molecule has 2 aromatic rings. The lowest BCUT2D eigenvalue weighted by molar-refractivity contribution is 0.279. The summed E-state index contributed by atoms with van der Waals surface area (Å²) in [5.74, 6) is 0. The number of aliphatic hydroxyl groups is 1. The summed E-state index contributed by atoms with van der Waals surface area (Å²) in [6.45, 7) is 0.00403. The van der Waals surface area contributed by atoms with Crippen molar-refractivity contribution in [2.45, 2.75) is 11.5 Å². The summed E-state index contributed by atoms with van der Waals surface area (Å²) < 4.78 is 1.11. The second-order valence-corrected chi connectivity index (χ2v) is 4.22. The van der Waals surface area contributed by atoms with Crippen molar-refractivity contribution in [3.05, 3.63) is 23.1 Å². The molecule has 68 valence electrons. The molecule has 0 amide bonds. The SMILES string of the molecule is Nc1csc2cc(S)c(CO)cc12. The van der Waals surface area contributed by atoms with Crippen molar-refractivity contribution >= 4 is 39.7 Å². The van der Waals surface area contributed by atoms with Gasteiger partial charge in [-0.25, -0.2) is 0 Å². The van der Waals surface area contributed by atoms with E-state index in [1.54, 1.807) is 11.3 Å². The van der Waals surface area contributed by atoms with Gasteiger partial charge in [0.05, 0.1) is 12.3 Å². The van der Waals surface area contributed by atoms with Gasteiger partial charge in [0.1, 0.15) is 0 Å². The second kappa shape index (κ2) is 3.21. The van der Waals surface area contributed by atoms with E-state index in [-0.39, 0.29) is 6.61 Å². The molecule has 0 unspecified atom stereocenters. The standard InChI is InChI=1S/C9H9NOS2/c10-7-4-13-9-2-8(12)5(3-11)1-6(7)9/h1-2,4,11-12H,3,10H2. The topological polar surface area (TPSA) is 46.2 Å². The van der Waals surface area contributed by atoms with Crippen LogP contribution >= 0.6 is 24.0 Å². The van der Waals surface area contributed by atoms with E-state index in [9.17, 15) is 0 Å². The summed E-state index contributed by atoms with van der Waals surface area (Å²) in [6, 6.07) is 3.83.